The first-order chi connectivity index (χ1) is 14.5. The first-order valence-electron chi connectivity index (χ1n) is 10.5. The van der Waals surface area contributed by atoms with Crippen molar-refractivity contribution in [3.05, 3.63) is 28.2 Å². The van der Waals surface area contributed by atoms with Crippen molar-refractivity contribution in [3.8, 4) is 5.75 Å². The Morgan fingerprint density at radius 3 is 2.42 bits per heavy atom. The Balaban J connectivity index is 1.90. The van der Waals surface area contributed by atoms with Crippen molar-refractivity contribution in [1.29, 1.82) is 0 Å². The number of hydrogen-bond acceptors (Lipinski definition) is 7. The molecule has 0 spiro atoms. The molecule has 10 heteroatoms. The highest BCUT2D eigenvalue weighted by atomic mass is 16.8. The number of hydroxylamine groups is 2. The number of aliphatic hydroxyl groups excluding tert-OH is 1. The van der Waals surface area contributed by atoms with Crippen LogP contribution in [0, 0.1) is 4.91 Å². The lowest BCUT2D eigenvalue weighted by Crippen LogP contribution is -2.41. The number of likely N-dealkylation sites (tertiary alicyclic amines) is 1. The lowest BCUT2D eigenvalue weighted by molar-refractivity contribution is -0.766. The maximum absolute atomic E-state index is 12.9. The lowest BCUT2D eigenvalue weighted by atomic mass is 10.1. The van der Waals surface area contributed by atoms with Crippen molar-refractivity contribution in [2.75, 3.05) is 13.1 Å². The molecular weight excluding hydrogens is 406 g/mol. The van der Waals surface area contributed by atoms with E-state index in [2.05, 4.69) is 0 Å². The van der Waals surface area contributed by atoms with E-state index in [1.54, 1.807) is 34.6 Å². The number of aliphatic hydroxyl groups is 1. The quantitative estimate of drug-likeness (QED) is 0.703. The predicted octanol–water partition coefficient (Wildman–Crippen LogP) is 3.60. The zero-order chi connectivity index (χ0) is 22.9. The molecule has 1 N–H and O–H groups in total. The summed E-state index contributed by atoms with van der Waals surface area (Å²) in [5.74, 6) is -0.585. The maximum atomic E-state index is 12.9. The van der Waals surface area contributed by atoms with Gasteiger partial charge in [-0.3, -0.25) is 4.79 Å². The minimum absolute atomic E-state index is 0.0212. The summed E-state index contributed by atoms with van der Waals surface area (Å²) >= 11 is 0. The Morgan fingerprint density at radius 1 is 1.19 bits per heavy atom. The van der Waals surface area contributed by atoms with Crippen molar-refractivity contribution < 1.29 is 34.0 Å². The molecule has 1 unspecified atom stereocenters. The number of fused-ring (bicyclic) bond motifs is 1. The van der Waals surface area contributed by atoms with Gasteiger partial charge in [0.2, 0.25) is 5.75 Å². The topological polar surface area (TPSA) is 109 Å². The molecule has 1 aromatic rings. The summed E-state index contributed by atoms with van der Waals surface area (Å²) in [6.07, 6.45) is 0.270. The van der Waals surface area contributed by atoms with Crippen LogP contribution in [0.15, 0.2) is 12.1 Å². The van der Waals surface area contributed by atoms with Gasteiger partial charge in [-0.25, -0.2) is 9.63 Å². The molecule has 1 fully saturated rings. The number of piperidine rings is 1. The molecule has 1 saturated heterocycles. The number of carbonyl (C=O) groups is 2. The predicted molar refractivity (Wildman–Crippen MR) is 109 cm³/mol. The Bertz CT molecular complexity index is 872. The van der Waals surface area contributed by atoms with Crippen LogP contribution < -0.4 is 4.74 Å². The molecule has 0 radical (unpaired) electrons. The molecule has 1 atom stereocenters. The van der Waals surface area contributed by atoms with Crippen LogP contribution in [0.5, 0.6) is 5.75 Å². The average molecular weight is 436 g/mol. The first-order valence-corrected chi connectivity index (χ1v) is 10.5. The molecular formula is C21H30N3O7+. The van der Waals surface area contributed by atoms with Crippen molar-refractivity contribution in [3.63, 3.8) is 0 Å². The van der Waals surface area contributed by atoms with Crippen molar-refractivity contribution >= 4 is 17.7 Å². The molecule has 10 nitrogen and oxygen atoms in total. The number of nitrogens with zero attached hydrogens (tertiary/aromatic N) is 3. The number of carbonyl (C=O) groups excluding carboxylic acids is 2. The fourth-order valence-corrected chi connectivity index (χ4v) is 3.44. The average Bonchev–Trinajstić information content (AvgIpc) is 2.90. The van der Waals surface area contributed by atoms with E-state index in [0.717, 1.165) is 19.3 Å². The van der Waals surface area contributed by atoms with Gasteiger partial charge in [0.25, 0.3) is 10.8 Å². The second kappa shape index (κ2) is 8.70. The number of rotatable bonds is 5. The summed E-state index contributed by atoms with van der Waals surface area (Å²) in [7, 11) is 0. The Hall–Kier alpha value is -2.88. The van der Waals surface area contributed by atoms with Gasteiger partial charge >= 0.3 is 11.8 Å². The molecule has 3 rings (SSSR count). The summed E-state index contributed by atoms with van der Waals surface area (Å²) in [5.41, 5.74) is -0.592. The van der Waals surface area contributed by atoms with Gasteiger partial charge in [0.15, 0.2) is 11.8 Å². The first kappa shape index (κ1) is 22.8. The van der Waals surface area contributed by atoms with Crippen molar-refractivity contribution in [1.82, 2.24) is 9.96 Å². The van der Waals surface area contributed by atoms with Gasteiger partial charge in [0.1, 0.15) is 0 Å². The van der Waals surface area contributed by atoms with Crippen molar-refractivity contribution in [2.45, 2.75) is 71.8 Å². The van der Waals surface area contributed by atoms with Crippen LogP contribution in [0.3, 0.4) is 0 Å². The normalized spacial score (nSPS) is 18.8. The minimum Gasteiger partial charge on any atom is -0.484 e. The number of ether oxygens (including phenoxy) is 1. The Morgan fingerprint density at radius 2 is 1.84 bits per heavy atom. The zero-order valence-electron chi connectivity index (χ0n) is 18.6. The molecule has 2 aliphatic heterocycles. The standard InChI is InChI=1S/C21H30N3O7/c1-13(2)29-17-12-15-14(11-16(17)24(28)31-21(3,4)5)18(25)23(19(15)26)30-20(27)22-9-7-6-8-10-22/h11-13,19,26H,6-10H2,1-5H3/q+1. The summed E-state index contributed by atoms with van der Waals surface area (Å²) in [5, 5.41) is 11.3. The summed E-state index contributed by atoms with van der Waals surface area (Å²) < 4.78 is 5.72. The van der Waals surface area contributed by atoms with E-state index in [0.29, 0.717) is 23.1 Å². The fourth-order valence-electron chi connectivity index (χ4n) is 3.44. The minimum atomic E-state index is -1.51. The van der Waals surface area contributed by atoms with Crippen LogP contribution in [0.25, 0.3) is 0 Å². The zero-order valence-corrected chi connectivity index (χ0v) is 18.6. The monoisotopic (exact) mass is 436 g/mol. The van der Waals surface area contributed by atoms with E-state index in [-0.39, 0.29) is 28.7 Å². The van der Waals surface area contributed by atoms with Gasteiger partial charge < -0.3 is 19.6 Å². The molecule has 2 aliphatic rings. The number of benzene rings is 1. The highest BCUT2D eigenvalue weighted by Gasteiger charge is 2.43. The van der Waals surface area contributed by atoms with E-state index < -0.39 is 23.8 Å². The van der Waals surface area contributed by atoms with Gasteiger partial charge in [-0.1, -0.05) is 0 Å². The molecule has 0 aliphatic carbocycles. The molecule has 170 valence electrons. The van der Waals surface area contributed by atoms with Crippen LogP contribution in [-0.2, 0) is 9.68 Å². The smallest absolute Gasteiger partial charge is 0.434 e. The molecule has 31 heavy (non-hydrogen) atoms. The summed E-state index contributed by atoms with van der Waals surface area (Å²) in [6.45, 7) is 9.78. The van der Waals surface area contributed by atoms with E-state index in [1.807, 2.05) is 0 Å². The maximum Gasteiger partial charge on any atom is 0.434 e. The van der Waals surface area contributed by atoms with Gasteiger partial charge in [-0.15, -0.1) is 5.06 Å². The third-order valence-electron chi connectivity index (χ3n) is 4.77. The third kappa shape index (κ3) is 5.07. The molecule has 0 aromatic heterocycles. The molecule has 1 aromatic carbocycles. The SMILES string of the molecule is CC(C)Oc1cc2c(cc1[N+](=O)OC(C)(C)C)C(=O)N(OC(=O)N1CCCCC1)C2O. The molecule has 0 bridgehead atoms. The van der Waals surface area contributed by atoms with E-state index >= 15 is 0 Å². The Labute approximate surface area is 181 Å². The second-order valence-electron chi connectivity index (χ2n) is 8.94. The summed E-state index contributed by atoms with van der Waals surface area (Å²) in [6, 6.07) is 2.69. The van der Waals surface area contributed by atoms with Gasteiger partial charge in [0, 0.05) is 24.7 Å². The number of amides is 2. The lowest BCUT2D eigenvalue weighted by Gasteiger charge is -2.28. The molecule has 2 amide bonds. The molecule has 2 heterocycles. The van der Waals surface area contributed by atoms with Crippen LogP contribution in [0.1, 0.15) is 76.0 Å². The third-order valence-corrected chi connectivity index (χ3v) is 4.77. The van der Waals surface area contributed by atoms with Crippen LogP contribution in [0.4, 0.5) is 10.5 Å². The highest BCUT2D eigenvalue weighted by molar-refractivity contribution is 5.99. The van der Waals surface area contributed by atoms with E-state index in [9.17, 15) is 19.6 Å². The van der Waals surface area contributed by atoms with Gasteiger partial charge in [0.05, 0.1) is 16.6 Å². The summed E-state index contributed by atoms with van der Waals surface area (Å²) in [4.78, 5) is 50.3. The van der Waals surface area contributed by atoms with E-state index in [4.69, 9.17) is 14.4 Å². The highest BCUT2D eigenvalue weighted by Crippen LogP contribution is 2.40. The van der Waals surface area contributed by atoms with Crippen LogP contribution in [-0.4, -0.2) is 56.8 Å². The Kier molecular flexibility index (Phi) is 6.40. The fraction of sp³-hybridized carbons (Fsp3) is 0.619. The largest absolute Gasteiger partial charge is 0.484 e. The van der Waals surface area contributed by atoms with Crippen molar-refractivity contribution in [2.24, 2.45) is 0 Å². The van der Waals surface area contributed by atoms with Gasteiger partial charge in [-0.05, 0) is 59.9 Å². The van der Waals surface area contributed by atoms with Crippen LogP contribution >= 0.6 is 0 Å². The van der Waals surface area contributed by atoms with Crippen LogP contribution in [0.2, 0.25) is 0 Å². The number of hydrogen-bond donors (Lipinski definition) is 1. The molecule has 0 saturated carbocycles. The van der Waals surface area contributed by atoms with E-state index in [1.165, 1.54) is 17.0 Å². The van der Waals surface area contributed by atoms with Gasteiger partial charge in [-0.2, -0.15) is 0 Å². The second-order valence-corrected chi connectivity index (χ2v) is 8.94.